The highest BCUT2D eigenvalue weighted by molar-refractivity contribution is 7.89. The van der Waals surface area contributed by atoms with Gasteiger partial charge in [-0.2, -0.15) is 13.1 Å². The number of sulfonamides is 1. The number of hydrogen-bond acceptors (Lipinski definition) is 4. The maximum absolute atomic E-state index is 12.6. The van der Waals surface area contributed by atoms with Crippen LogP contribution in [0.3, 0.4) is 0 Å². The molecule has 0 spiro atoms. The normalized spacial score (nSPS) is 13.0. The average molecular weight is 426 g/mol. The summed E-state index contributed by atoms with van der Waals surface area (Å²) in [6, 6.07) is 11.0. The van der Waals surface area contributed by atoms with Gasteiger partial charge in [-0.25, -0.2) is 8.42 Å². The van der Waals surface area contributed by atoms with Gasteiger partial charge in [-0.15, -0.1) is 0 Å². The number of carbonyl (C=O) groups excluding carboxylic acids is 1. The summed E-state index contributed by atoms with van der Waals surface area (Å²) in [5.74, 6) is -0.495. The Morgan fingerprint density at radius 3 is 2.34 bits per heavy atom. The van der Waals surface area contributed by atoms with Crippen molar-refractivity contribution in [3.05, 3.63) is 59.7 Å². The minimum absolute atomic E-state index is 0.0107. The SMILES string of the molecule is CC(NC(=O)c1cccc(S(=O)(=O)N(C)C(C)C)c1)c1cccc(OC(F)F)c1. The number of nitrogens with zero attached hydrogens (tertiary/aromatic N) is 1. The smallest absolute Gasteiger partial charge is 0.387 e. The van der Waals surface area contributed by atoms with E-state index in [1.54, 1.807) is 32.9 Å². The summed E-state index contributed by atoms with van der Waals surface area (Å²) < 4.78 is 55.6. The molecule has 0 saturated carbocycles. The van der Waals surface area contributed by atoms with E-state index in [1.165, 1.54) is 47.8 Å². The van der Waals surface area contributed by atoms with Gasteiger partial charge in [0.05, 0.1) is 10.9 Å². The number of hydrogen-bond donors (Lipinski definition) is 1. The predicted octanol–water partition coefficient (Wildman–Crippen LogP) is 3.81. The molecule has 29 heavy (non-hydrogen) atoms. The standard InChI is InChI=1S/C20H24F2N2O4S/c1-13(2)24(4)29(26,27)18-10-6-8-16(12-18)19(25)23-14(3)15-7-5-9-17(11-15)28-20(21)22/h5-14,20H,1-4H3,(H,23,25). The molecular formula is C20H24F2N2O4S. The van der Waals surface area contributed by atoms with Gasteiger partial charge in [0, 0.05) is 18.7 Å². The summed E-state index contributed by atoms with van der Waals surface area (Å²) >= 11 is 0. The van der Waals surface area contributed by atoms with Crippen LogP contribution in [0.1, 0.15) is 42.7 Å². The molecule has 0 aliphatic rings. The number of alkyl halides is 2. The van der Waals surface area contributed by atoms with Gasteiger partial charge < -0.3 is 10.1 Å². The molecule has 1 unspecified atom stereocenters. The van der Waals surface area contributed by atoms with Crippen molar-refractivity contribution >= 4 is 15.9 Å². The summed E-state index contributed by atoms with van der Waals surface area (Å²) in [6.07, 6.45) is 0. The lowest BCUT2D eigenvalue weighted by Crippen LogP contribution is -2.33. The van der Waals surface area contributed by atoms with E-state index in [4.69, 9.17) is 0 Å². The fraction of sp³-hybridized carbons (Fsp3) is 0.350. The number of amides is 1. The minimum Gasteiger partial charge on any atom is -0.435 e. The van der Waals surface area contributed by atoms with Crippen molar-refractivity contribution in [3.63, 3.8) is 0 Å². The van der Waals surface area contributed by atoms with E-state index >= 15 is 0 Å². The number of rotatable bonds is 8. The van der Waals surface area contributed by atoms with E-state index in [9.17, 15) is 22.0 Å². The van der Waals surface area contributed by atoms with Gasteiger partial charge >= 0.3 is 6.61 Å². The summed E-state index contributed by atoms with van der Waals surface area (Å²) in [5.41, 5.74) is 0.745. The molecule has 0 heterocycles. The van der Waals surface area contributed by atoms with Crippen molar-refractivity contribution in [2.45, 2.75) is 44.4 Å². The monoisotopic (exact) mass is 426 g/mol. The summed E-state index contributed by atoms with van der Waals surface area (Å²) in [6.45, 7) is 2.25. The second-order valence-electron chi connectivity index (χ2n) is 6.79. The van der Waals surface area contributed by atoms with Crippen molar-refractivity contribution in [3.8, 4) is 5.75 Å². The van der Waals surface area contributed by atoms with Crippen LogP contribution in [0.15, 0.2) is 53.4 Å². The van der Waals surface area contributed by atoms with Crippen molar-refractivity contribution in [1.29, 1.82) is 0 Å². The number of halogens is 2. The second kappa shape index (κ2) is 9.32. The molecule has 6 nitrogen and oxygen atoms in total. The molecule has 9 heteroatoms. The van der Waals surface area contributed by atoms with Gasteiger partial charge in [0.25, 0.3) is 5.91 Å². The fourth-order valence-corrected chi connectivity index (χ4v) is 3.98. The molecule has 0 radical (unpaired) electrons. The van der Waals surface area contributed by atoms with Crippen LogP contribution in [0.5, 0.6) is 5.75 Å². The first kappa shape index (κ1) is 22.8. The van der Waals surface area contributed by atoms with Crippen LogP contribution in [0.4, 0.5) is 8.78 Å². The van der Waals surface area contributed by atoms with Gasteiger partial charge in [0.1, 0.15) is 5.75 Å². The van der Waals surface area contributed by atoms with Crippen molar-refractivity contribution in [2.75, 3.05) is 7.05 Å². The molecule has 0 aliphatic carbocycles. The number of benzene rings is 2. The highest BCUT2D eigenvalue weighted by Crippen LogP contribution is 2.22. The lowest BCUT2D eigenvalue weighted by Gasteiger charge is -2.21. The zero-order valence-electron chi connectivity index (χ0n) is 16.6. The average Bonchev–Trinajstić information content (AvgIpc) is 2.67. The van der Waals surface area contributed by atoms with Crippen molar-refractivity contribution in [2.24, 2.45) is 0 Å². The quantitative estimate of drug-likeness (QED) is 0.697. The first-order chi connectivity index (χ1) is 13.5. The van der Waals surface area contributed by atoms with Gasteiger partial charge in [-0.3, -0.25) is 4.79 Å². The summed E-state index contributed by atoms with van der Waals surface area (Å²) in [7, 11) is -2.25. The third kappa shape index (κ3) is 5.74. The largest absolute Gasteiger partial charge is 0.435 e. The Balaban J connectivity index is 2.19. The molecule has 0 aliphatic heterocycles. The Labute approximate surface area is 169 Å². The number of ether oxygens (including phenoxy) is 1. The Kier molecular flexibility index (Phi) is 7.32. The topological polar surface area (TPSA) is 75.7 Å². The Morgan fingerprint density at radius 1 is 1.07 bits per heavy atom. The molecule has 2 aromatic rings. The molecule has 0 saturated heterocycles. The fourth-order valence-electron chi connectivity index (χ4n) is 2.56. The van der Waals surface area contributed by atoms with E-state index in [-0.39, 0.29) is 22.3 Å². The Hall–Kier alpha value is -2.52. The maximum Gasteiger partial charge on any atom is 0.387 e. The third-order valence-corrected chi connectivity index (χ3v) is 6.46. The van der Waals surface area contributed by atoms with E-state index in [1.807, 2.05) is 0 Å². The molecule has 158 valence electrons. The molecule has 1 N–H and O–H groups in total. The predicted molar refractivity (Wildman–Crippen MR) is 105 cm³/mol. The van der Waals surface area contributed by atoms with Crippen LogP contribution in [0.25, 0.3) is 0 Å². The highest BCUT2D eigenvalue weighted by Gasteiger charge is 2.24. The zero-order chi connectivity index (χ0) is 21.8. The first-order valence-electron chi connectivity index (χ1n) is 8.96. The van der Waals surface area contributed by atoms with Crippen molar-refractivity contribution in [1.82, 2.24) is 9.62 Å². The zero-order valence-corrected chi connectivity index (χ0v) is 17.4. The minimum atomic E-state index is -3.73. The van der Waals surface area contributed by atoms with E-state index in [2.05, 4.69) is 10.1 Å². The third-order valence-electron chi connectivity index (χ3n) is 4.43. The van der Waals surface area contributed by atoms with Gasteiger partial charge in [0.15, 0.2) is 0 Å². The van der Waals surface area contributed by atoms with Crippen molar-refractivity contribution < 1.29 is 26.7 Å². The first-order valence-corrected chi connectivity index (χ1v) is 10.4. The lowest BCUT2D eigenvalue weighted by atomic mass is 10.1. The molecule has 1 amide bonds. The Morgan fingerprint density at radius 2 is 1.72 bits per heavy atom. The van der Waals surface area contributed by atoms with Crippen LogP contribution in [0, 0.1) is 0 Å². The summed E-state index contributed by atoms with van der Waals surface area (Å²) in [4.78, 5) is 12.6. The van der Waals surface area contributed by atoms with Crippen LogP contribution >= 0.6 is 0 Å². The molecular weight excluding hydrogens is 402 g/mol. The molecule has 1 atom stereocenters. The van der Waals surface area contributed by atoms with Crippen LogP contribution in [-0.4, -0.2) is 38.3 Å². The van der Waals surface area contributed by atoms with Gasteiger partial charge in [0.2, 0.25) is 10.0 Å². The van der Waals surface area contributed by atoms with Gasteiger partial charge in [-0.05, 0) is 56.7 Å². The molecule has 2 aromatic carbocycles. The highest BCUT2D eigenvalue weighted by atomic mass is 32.2. The number of nitrogens with one attached hydrogen (secondary N) is 1. The van der Waals surface area contributed by atoms with E-state index < -0.39 is 28.6 Å². The van der Waals surface area contributed by atoms with E-state index in [0.29, 0.717) is 5.56 Å². The Bertz CT molecular complexity index is 964. The molecule has 0 fully saturated rings. The molecule has 2 rings (SSSR count). The van der Waals surface area contributed by atoms with Crippen LogP contribution in [0.2, 0.25) is 0 Å². The molecule has 0 aromatic heterocycles. The van der Waals surface area contributed by atoms with Crippen LogP contribution in [-0.2, 0) is 10.0 Å². The lowest BCUT2D eigenvalue weighted by molar-refractivity contribution is -0.0499. The second-order valence-corrected chi connectivity index (χ2v) is 8.79. The van der Waals surface area contributed by atoms with Crippen LogP contribution < -0.4 is 10.1 Å². The van der Waals surface area contributed by atoms with Gasteiger partial charge in [-0.1, -0.05) is 18.2 Å². The number of carbonyl (C=O) groups is 1. The maximum atomic E-state index is 12.6. The van der Waals surface area contributed by atoms with E-state index in [0.717, 1.165) is 0 Å². The summed E-state index contributed by atoms with van der Waals surface area (Å²) in [5, 5.41) is 2.73. The molecule has 0 bridgehead atoms.